The van der Waals surface area contributed by atoms with Crippen molar-refractivity contribution in [2.24, 2.45) is 0 Å². The van der Waals surface area contributed by atoms with Crippen molar-refractivity contribution in [3.05, 3.63) is 24.4 Å². The van der Waals surface area contributed by atoms with Gasteiger partial charge in [-0.1, -0.05) is 19.8 Å². The minimum absolute atomic E-state index is 0.400. The lowest BCUT2D eigenvalue weighted by atomic mass is 10.1. The minimum atomic E-state index is -3.15. The average molecular weight is 322 g/mol. The number of pyridine rings is 1. The van der Waals surface area contributed by atoms with Gasteiger partial charge in [-0.3, -0.25) is 0 Å². The van der Waals surface area contributed by atoms with E-state index in [2.05, 4.69) is 18.8 Å². The lowest BCUT2D eigenvalue weighted by Gasteiger charge is -2.02. The zero-order valence-corrected chi connectivity index (χ0v) is 14.7. The van der Waals surface area contributed by atoms with Crippen LogP contribution < -0.4 is 4.57 Å². The molecule has 1 aromatic rings. The first-order valence-electron chi connectivity index (χ1n) is 8.20. The number of nitrogens with zero attached hydrogens (tertiary/aromatic N) is 1. The van der Waals surface area contributed by atoms with Crippen molar-refractivity contribution in [3.8, 4) is 11.8 Å². The van der Waals surface area contributed by atoms with E-state index in [1.807, 2.05) is 16.8 Å². The van der Waals surface area contributed by atoms with Crippen molar-refractivity contribution in [1.29, 1.82) is 0 Å². The molecule has 0 saturated carbocycles. The highest BCUT2D eigenvalue weighted by Crippen LogP contribution is 2.05. The van der Waals surface area contributed by atoms with E-state index in [1.165, 1.54) is 19.1 Å². The number of unbranched alkanes of at least 4 members (excludes halogenated alkanes) is 6. The van der Waals surface area contributed by atoms with Crippen molar-refractivity contribution >= 4 is 9.84 Å². The molecule has 0 radical (unpaired) electrons. The second-order valence-corrected chi connectivity index (χ2v) is 7.59. The van der Waals surface area contributed by atoms with E-state index in [0.717, 1.165) is 45.1 Å². The smallest absolute Gasteiger partial charge is 0.218 e. The summed E-state index contributed by atoms with van der Waals surface area (Å²) in [5, 5.41) is 0.400. The van der Waals surface area contributed by atoms with Crippen LogP contribution in [0, 0.1) is 11.8 Å². The first-order chi connectivity index (χ1) is 10.6. The van der Waals surface area contributed by atoms with Gasteiger partial charge in [0.15, 0.2) is 6.20 Å². The Labute approximate surface area is 135 Å². The van der Waals surface area contributed by atoms with Crippen molar-refractivity contribution in [3.63, 3.8) is 0 Å². The Morgan fingerprint density at radius 3 is 2.36 bits per heavy atom. The van der Waals surface area contributed by atoms with Crippen molar-refractivity contribution in [2.45, 2.75) is 69.9 Å². The topological polar surface area (TPSA) is 38.0 Å². The fraction of sp³-hybridized carbons (Fsp3) is 0.611. The average Bonchev–Trinajstić information content (AvgIpc) is 2.48. The van der Waals surface area contributed by atoms with Crippen molar-refractivity contribution in [2.75, 3.05) is 6.26 Å². The van der Waals surface area contributed by atoms with Gasteiger partial charge in [0.1, 0.15) is 6.54 Å². The highest BCUT2D eigenvalue weighted by atomic mass is 32.2. The molecule has 3 nitrogen and oxygen atoms in total. The second kappa shape index (κ2) is 10.4. The quantitative estimate of drug-likeness (QED) is 0.396. The largest absolute Gasteiger partial charge is 0.297 e. The minimum Gasteiger partial charge on any atom is -0.218 e. The van der Waals surface area contributed by atoms with Crippen LogP contribution >= 0.6 is 0 Å². The summed E-state index contributed by atoms with van der Waals surface area (Å²) < 4.78 is 25.2. The summed E-state index contributed by atoms with van der Waals surface area (Å²) in [4.78, 5) is 0. The normalized spacial score (nSPS) is 11.0. The molecule has 0 N–H and O–H groups in total. The molecule has 0 aliphatic carbocycles. The van der Waals surface area contributed by atoms with Crippen LogP contribution in [0.4, 0.5) is 0 Å². The third-order valence-electron chi connectivity index (χ3n) is 3.51. The first kappa shape index (κ1) is 18.7. The lowest BCUT2D eigenvalue weighted by Crippen LogP contribution is -2.39. The summed E-state index contributed by atoms with van der Waals surface area (Å²) >= 11 is 0. The van der Waals surface area contributed by atoms with Crippen LogP contribution in [0.15, 0.2) is 29.4 Å². The first-order valence-corrected chi connectivity index (χ1v) is 10.1. The van der Waals surface area contributed by atoms with Crippen LogP contribution in [-0.4, -0.2) is 14.7 Å². The molecule has 0 spiro atoms. The Bertz CT molecular complexity index is 597. The lowest BCUT2D eigenvalue weighted by molar-refractivity contribution is -0.734. The van der Waals surface area contributed by atoms with E-state index in [-0.39, 0.29) is 0 Å². The maximum atomic E-state index is 11.7. The third-order valence-corrected chi connectivity index (χ3v) is 4.64. The summed E-state index contributed by atoms with van der Waals surface area (Å²) in [7, 11) is -3.15. The van der Waals surface area contributed by atoms with E-state index < -0.39 is 9.84 Å². The zero-order valence-electron chi connectivity index (χ0n) is 13.8. The van der Waals surface area contributed by atoms with Gasteiger partial charge in [0.25, 0.3) is 5.03 Å². The number of aryl methyl sites for hydroxylation is 1. The maximum absolute atomic E-state index is 11.7. The molecule has 0 unspecified atom stereocenters. The predicted molar refractivity (Wildman–Crippen MR) is 90.1 cm³/mol. The molecule has 4 heteroatoms. The van der Waals surface area contributed by atoms with E-state index in [1.54, 1.807) is 12.1 Å². The summed E-state index contributed by atoms with van der Waals surface area (Å²) in [5.41, 5.74) is 0. The van der Waals surface area contributed by atoms with Crippen LogP contribution in [0.5, 0.6) is 0 Å². The molecular formula is C18H28NO2S+. The van der Waals surface area contributed by atoms with E-state index in [4.69, 9.17) is 0 Å². The van der Waals surface area contributed by atoms with Gasteiger partial charge < -0.3 is 0 Å². The number of hydrogen-bond donors (Lipinski definition) is 0. The molecule has 0 atom stereocenters. The van der Waals surface area contributed by atoms with Gasteiger partial charge in [0.05, 0.1) is 0 Å². The molecule has 122 valence electrons. The molecule has 1 rings (SSSR count). The van der Waals surface area contributed by atoms with Crippen LogP contribution in [0.2, 0.25) is 0 Å². The van der Waals surface area contributed by atoms with Crippen molar-refractivity contribution in [1.82, 2.24) is 0 Å². The highest BCUT2D eigenvalue weighted by molar-refractivity contribution is 7.90. The highest BCUT2D eigenvalue weighted by Gasteiger charge is 2.19. The molecule has 22 heavy (non-hydrogen) atoms. The van der Waals surface area contributed by atoms with E-state index in [9.17, 15) is 8.42 Å². The molecule has 0 fully saturated rings. The van der Waals surface area contributed by atoms with E-state index >= 15 is 0 Å². The molecule has 0 bridgehead atoms. The summed E-state index contributed by atoms with van der Waals surface area (Å²) in [6.07, 6.45) is 11.9. The van der Waals surface area contributed by atoms with E-state index in [0.29, 0.717) is 5.03 Å². The fourth-order valence-electron chi connectivity index (χ4n) is 2.27. The molecule has 0 amide bonds. The Balaban J connectivity index is 2.24. The Kier molecular flexibility index (Phi) is 8.84. The Hall–Kier alpha value is -1.34. The van der Waals surface area contributed by atoms with Gasteiger partial charge in [-0.05, 0) is 25.3 Å². The second-order valence-electron chi connectivity index (χ2n) is 5.63. The zero-order chi connectivity index (χ0) is 16.3. The molecule has 1 heterocycles. The Morgan fingerprint density at radius 1 is 1.00 bits per heavy atom. The van der Waals surface area contributed by atoms with Gasteiger partial charge in [-0.2, -0.15) is 4.57 Å². The maximum Gasteiger partial charge on any atom is 0.297 e. The Morgan fingerprint density at radius 2 is 1.68 bits per heavy atom. The van der Waals surface area contributed by atoms with Gasteiger partial charge >= 0.3 is 0 Å². The SMILES string of the molecule is CCCCC#CCCCCCC[n+]1ccccc1S(C)(=O)=O. The van der Waals surface area contributed by atoms with Crippen LogP contribution in [-0.2, 0) is 16.4 Å². The monoisotopic (exact) mass is 322 g/mol. The molecule has 0 aliphatic heterocycles. The number of rotatable bonds is 9. The summed E-state index contributed by atoms with van der Waals surface area (Å²) in [6.45, 7) is 2.94. The molecular weight excluding hydrogens is 294 g/mol. The van der Waals surface area contributed by atoms with Gasteiger partial charge in [-0.25, -0.2) is 8.42 Å². The predicted octanol–water partition coefficient (Wildman–Crippen LogP) is 3.52. The number of sulfone groups is 1. The van der Waals surface area contributed by atoms with Crippen LogP contribution in [0.3, 0.4) is 0 Å². The third kappa shape index (κ3) is 7.61. The van der Waals surface area contributed by atoms with Crippen LogP contribution in [0.25, 0.3) is 0 Å². The molecule has 1 aromatic heterocycles. The fourth-order valence-corrected chi connectivity index (χ4v) is 3.18. The summed E-state index contributed by atoms with van der Waals surface area (Å²) in [5.74, 6) is 6.43. The number of hydrogen-bond acceptors (Lipinski definition) is 2. The summed E-state index contributed by atoms with van der Waals surface area (Å²) in [6, 6.07) is 5.31. The number of aromatic nitrogens is 1. The molecule has 0 saturated heterocycles. The van der Waals surface area contributed by atoms with Crippen molar-refractivity contribution < 1.29 is 13.0 Å². The van der Waals surface area contributed by atoms with Gasteiger partial charge in [0, 0.05) is 37.7 Å². The van der Waals surface area contributed by atoms with Gasteiger partial charge in [0.2, 0.25) is 9.84 Å². The standard InChI is InChI=1S/C18H28NO2S/c1-3-4-5-6-7-8-9-10-11-13-16-19-17-14-12-15-18(19)22(2,20)21/h12,14-15,17H,3-5,8-11,13,16H2,1-2H3/q+1. The van der Waals surface area contributed by atoms with Crippen LogP contribution in [0.1, 0.15) is 58.3 Å². The molecule has 0 aromatic carbocycles. The van der Waals surface area contributed by atoms with Gasteiger partial charge in [-0.15, -0.1) is 11.8 Å². The molecule has 0 aliphatic rings.